The Morgan fingerprint density at radius 2 is 2.06 bits per heavy atom. The van der Waals surface area contributed by atoms with Gasteiger partial charge in [0.25, 0.3) is 0 Å². The minimum Gasteiger partial charge on any atom is -0.468 e. The summed E-state index contributed by atoms with van der Waals surface area (Å²) >= 11 is 0. The number of carbonyl (C=O) groups excluding carboxylic acids is 1. The first-order valence-corrected chi connectivity index (χ1v) is 6.13. The van der Waals surface area contributed by atoms with E-state index in [9.17, 15) is 4.79 Å². The summed E-state index contributed by atoms with van der Waals surface area (Å²) in [6, 6.07) is 10.0. The Bertz CT molecular complexity index is 629. The first-order valence-electron chi connectivity index (χ1n) is 6.13. The van der Waals surface area contributed by atoms with Crippen LogP contribution < -0.4 is 0 Å². The van der Waals surface area contributed by atoms with Crippen LogP contribution in [0.15, 0.2) is 30.3 Å². The molecule has 1 fully saturated rings. The Morgan fingerprint density at radius 1 is 1.28 bits per heavy atom. The fourth-order valence-electron chi connectivity index (χ4n) is 2.53. The van der Waals surface area contributed by atoms with Gasteiger partial charge in [-0.25, -0.2) is 0 Å². The molecular weight excluding hydrogens is 226 g/mol. The minimum atomic E-state index is -0.449. The van der Waals surface area contributed by atoms with E-state index in [0.717, 1.165) is 35.0 Å². The monoisotopic (exact) mass is 241 g/mol. The zero-order chi connectivity index (χ0) is 12.8. The Morgan fingerprint density at radius 3 is 2.72 bits per heavy atom. The van der Waals surface area contributed by atoms with Crippen molar-refractivity contribution in [2.75, 3.05) is 7.11 Å². The average molecular weight is 241 g/mol. The fourth-order valence-corrected chi connectivity index (χ4v) is 2.53. The van der Waals surface area contributed by atoms with Crippen LogP contribution in [-0.4, -0.2) is 18.1 Å². The zero-order valence-electron chi connectivity index (χ0n) is 10.6. The molecular formula is C15H15NO2. The standard InChI is InChI=1S/C15H15NO2/c1-10-6-7-11-4-3-5-12(13(11)16-10)15(8-9-15)14(17)18-2/h3-7H,8-9H2,1-2H3. The van der Waals surface area contributed by atoms with Crippen LogP contribution >= 0.6 is 0 Å². The second kappa shape index (κ2) is 3.80. The number of hydrogen-bond acceptors (Lipinski definition) is 3. The largest absolute Gasteiger partial charge is 0.468 e. The van der Waals surface area contributed by atoms with E-state index in [1.807, 2.05) is 31.2 Å². The molecule has 1 saturated carbocycles. The Hall–Kier alpha value is -1.90. The molecule has 1 aromatic heterocycles. The number of nitrogens with zero attached hydrogens (tertiary/aromatic N) is 1. The molecule has 0 radical (unpaired) electrons. The van der Waals surface area contributed by atoms with Crippen molar-refractivity contribution in [2.24, 2.45) is 0 Å². The summed E-state index contributed by atoms with van der Waals surface area (Å²) in [5.74, 6) is -0.140. The normalized spacial score (nSPS) is 16.6. The van der Waals surface area contributed by atoms with E-state index in [0.29, 0.717) is 0 Å². The van der Waals surface area contributed by atoms with Gasteiger partial charge in [-0.1, -0.05) is 24.3 Å². The number of ether oxygens (including phenoxy) is 1. The van der Waals surface area contributed by atoms with E-state index in [-0.39, 0.29) is 5.97 Å². The van der Waals surface area contributed by atoms with Gasteiger partial charge in [-0.2, -0.15) is 0 Å². The highest BCUT2D eigenvalue weighted by molar-refractivity contribution is 5.94. The van der Waals surface area contributed by atoms with Gasteiger partial charge < -0.3 is 4.74 Å². The first kappa shape index (κ1) is 11.2. The lowest BCUT2D eigenvalue weighted by Gasteiger charge is -2.15. The van der Waals surface area contributed by atoms with E-state index < -0.39 is 5.41 Å². The predicted octanol–water partition coefficient (Wildman–Crippen LogP) is 2.75. The Kier molecular flexibility index (Phi) is 2.37. The topological polar surface area (TPSA) is 39.2 Å². The van der Waals surface area contributed by atoms with Gasteiger partial charge in [0.1, 0.15) is 0 Å². The molecule has 0 saturated heterocycles. The van der Waals surface area contributed by atoms with Crippen molar-refractivity contribution in [2.45, 2.75) is 25.2 Å². The third-order valence-electron chi connectivity index (χ3n) is 3.70. The van der Waals surface area contributed by atoms with Crippen molar-refractivity contribution in [1.82, 2.24) is 4.98 Å². The smallest absolute Gasteiger partial charge is 0.316 e. The zero-order valence-corrected chi connectivity index (χ0v) is 10.6. The number of carbonyl (C=O) groups is 1. The van der Waals surface area contributed by atoms with Crippen LogP contribution in [0.25, 0.3) is 10.9 Å². The lowest BCUT2D eigenvalue weighted by Crippen LogP contribution is -2.22. The molecule has 1 aromatic carbocycles. The van der Waals surface area contributed by atoms with Gasteiger partial charge in [0.05, 0.1) is 18.0 Å². The number of methoxy groups -OCH3 is 1. The number of aryl methyl sites for hydroxylation is 1. The molecule has 0 amide bonds. The maximum absolute atomic E-state index is 12.0. The highest BCUT2D eigenvalue weighted by atomic mass is 16.5. The van der Waals surface area contributed by atoms with Gasteiger partial charge in [-0.15, -0.1) is 0 Å². The van der Waals surface area contributed by atoms with Crippen LogP contribution in [0.1, 0.15) is 24.1 Å². The number of aromatic nitrogens is 1. The summed E-state index contributed by atoms with van der Waals surface area (Å²) < 4.78 is 4.94. The molecule has 0 atom stereocenters. The van der Waals surface area contributed by atoms with Gasteiger partial charge in [0, 0.05) is 11.1 Å². The molecule has 3 rings (SSSR count). The van der Waals surface area contributed by atoms with Crippen LogP contribution in [0.2, 0.25) is 0 Å². The molecule has 0 bridgehead atoms. The molecule has 1 aliphatic carbocycles. The van der Waals surface area contributed by atoms with E-state index in [4.69, 9.17) is 4.74 Å². The maximum Gasteiger partial charge on any atom is 0.316 e. The lowest BCUT2D eigenvalue weighted by atomic mass is 9.93. The van der Waals surface area contributed by atoms with Crippen molar-refractivity contribution in [3.63, 3.8) is 0 Å². The van der Waals surface area contributed by atoms with E-state index in [1.54, 1.807) is 0 Å². The molecule has 0 N–H and O–H groups in total. The number of esters is 1. The second-order valence-electron chi connectivity index (χ2n) is 4.90. The Labute approximate surface area is 106 Å². The molecule has 3 nitrogen and oxygen atoms in total. The first-order chi connectivity index (χ1) is 8.67. The van der Waals surface area contributed by atoms with Crippen molar-refractivity contribution >= 4 is 16.9 Å². The molecule has 3 heteroatoms. The third kappa shape index (κ3) is 1.50. The highest BCUT2D eigenvalue weighted by Crippen LogP contribution is 2.50. The number of pyridine rings is 1. The van der Waals surface area contributed by atoms with Crippen molar-refractivity contribution in [1.29, 1.82) is 0 Å². The summed E-state index contributed by atoms with van der Waals surface area (Å²) in [6.45, 7) is 1.97. The van der Waals surface area contributed by atoms with Gasteiger partial charge >= 0.3 is 5.97 Å². The summed E-state index contributed by atoms with van der Waals surface area (Å²) in [4.78, 5) is 16.6. The number of hydrogen-bond donors (Lipinski definition) is 0. The quantitative estimate of drug-likeness (QED) is 0.759. The number of para-hydroxylation sites is 1. The van der Waals surface area contributed by atoms with E-state index >= 15 is 0 Å². The summed E-state index contributed by atoms with van der Waals surface area (Å²) in [5, 5.41) is 1.08. The van der Waals surface area contributed by atoms with Crippen molar-refractivity contribution in [3.05, 3.63) is 41.6 Å². The van der Waals surface area contributed by atoms with Gasteiger partial charge in [-0.05, 0) is 31.4 Å². The Balaban J connectivity index is 2.24. The molecule has 92 valence electrons. The third-order valence-corrected chi connectivity index (χ3v) is 3.70. The lowest BCUT2D eigenvalue weighted by molar-refractivity contribution is -0.143. The molecule has 0 unspecified atom stereocenters. The van der Waals surface area contributed by atoms with Gasteiger partial charge in [0.15, 0.2) is 0 Å². The van der Waals surface area contributed by atoms with Crippen LogP contribution in [-0.2, 0) is 14.9 Å². The highest BCUT2D eigenvalue weighted by Gasteiger charge is 2.53. The second-order valence-corrected chi connectivity index (χ2v) is 4.90. The molecule has 1 aliphatic rings. The molecule has 2 aromatic rings. The van der Waals surface area contributed by atoms with Crippen LogP contribution in [0.3, 0.4) is 0 Å². The molecule has 0 aliphatic heterocycles. The molecule has 0 spiro atoms. The summed E-state index contributed by atoms with van der Waals surface area (Å²) in [7, 11) is 1.45. The van der Waals surface area contributed by atoms with E-state index in [2.05, 4.69) is 11.1 Å². The number of rotatable bonds is 2. The van der Waals surface area contributed by atoms with Crippen LogP contribution in [0, 0.1) is 6.92 Å². The maximum atomic E-state index is 12.0. The molecule has 1 heterocycles. The fraction of sp³-hybridized carbons (Fsp3) is 0.333. The summed E-state index contributed by atoms with van der Waals surface area (Å²) in [6.07, 6.45) is 1.71. The van der Waals surface area contributed by atoms with Gasteiger partial charge in [0.2, 0.25) is 0 Å². The van der Waals surface area contributed by atoms with Crippen LogP contribution in [0.4, 0.5) is 0 Å². The average Bonchev–Trinajstić information content (AvgIpc) is 3.18. The molecule has 18 heavy (non-hydrogen) atoms. The van der Waals surface area contributed by atoms with Gasteiger partial charge in [-0.3, -0.25) is 9.78 Å². The van der Waals surface area contributed by atoms with Crippen LogP contribution in [0.5, 0.6) is 0 Å². The van der Waals surface area contributed by atoms with E-state index in [1.165, 1.54) is 7.11 Å². The van der Waals surface area contributed by atoms with Crippen molar-refractivity contribution < 1.29 is 9.53 Å². The number of benzene rings is 1. The predicted molar refractivity (Wildman–Crippen MR) is 69.4 cm³/mol. The minimum absolute atomic E-state index is 0.140. The summed E-state index contributed by atoms with van der Waals surface area (Å²) in [5.41, 5.74) is 2.46. The van der Waals surface area contributed by atoms with Crippen molar-refractivity contribution in [3.8, 4) is 0 Å². The SMILES string of the molecule is COC(=O)C1(c2cccc3ccc(C)nc23)CC1. The number of fused-ring (bicyclic) bond motifs is 1.